The van der Waals surface area contributed by atoms with E-state index in [-0.39, 0.29) is 11.6 Å². The Bertz CT molecular complexity index is 585. The van der Waals surface area contributed by atoms with Crippen LogP contribution in [-0.2, 0) is 13.1 Å². The van der Waals surface area contributed by atoms with Crippen LogP contribution < -0.4 is 0 Å². The molecule has 4 rings (SSSR count). The normalized spacial score (nSPS) is 29.5. The van der Waals surface area contributed by atoms with Crippen LogP contribution >= 0.6 is 0 Å². The zero-order valence-electron chi connectivity index (χ0n) is 12.9. The van der Waals surface area contributed by atoms with E-state index in [0.717, 1.165) is 25.9 Å². The molecule has 1 N–H and O–H groups in total. The van der Waals surface area contributed by atoms with Gasteiger partial charge in [-0.25, -0.2) is 0 Å². The minimum absolute atomic E-state index is 0.104. The molecule has 2 aliphatic rings. The molecule has 2 aliphatic carbocycles. The molecule has 2 fully saturated rings. The van der Waals surface area contributed by atoms with Gasteiger partial charge in [0.2, 0.25) is 0 Å². The molecule has 0 unspecified atom stereocenters. The molecule has 2 heteroatoms. The summed E-state index contributed by atoms with van der Waals surface area (Å²) >= 11 is 0. The molecule has 114 valence electrons. The van der Waals surface area contributed by atoms with Gasteiger partial charge in [-0.3, -0.25) is 4.90 Å². The molecule has 2 aromatic rings. The minimum atomic E-state index is -0.104. The summed E-state index contributed by atoms with van der Waals surface area (Å²) in [6.07, 6.45) is 3.08. The smallest absolute Gasteiger partial charge is 0.0561 e. The van der Waals surface area contributed by atoms with Crippen molar-refractivity contribution in [2.75, 3.05) is 0 Å². The van der Waals surface area contributed by atoms with Crippen LogP contribution in [0.4, 0.5) is 0 Å². The Morgan fingerprint density at radius 2 is 1.41 bits per heavy atom. The van der Waals surface area contributed by atoms with E-state index in [9.17, 15) is 5.11 Å². The van der Waals surface area contributed by atoms with Crippen molar-refractivity contribution >= 4 is 0 Å². The monoisotopic (exact) mass is 293 g/mol. The van der Waals surface area contributed by atoms with E-state index in [4.69, 9.17) is 0 Å². The van der Waals surface area contributed by atoms with Crippen LogP contribution in [-0.4, -0.2) is 21.6 Å². The Morgan fingerprint density at radius 1 is 0.864 bits per heavy atom. The number of aliphatic hydroxyl groups excluding tert-OH is 1. The number of benzene rings is 2. The highest BCUT2D eigenvalue weighted by Crippen LogP contribution is 2.60. The van der Waals surface area contributed by atoms with E-state index in [1.54, 1.807) is 0 Å². The van der Waals surface area contributed by atoms with Crippen molar-refractivity contribution in [2.24, 2.45) is 5.92 Å². The van der Waals surface area contributed by atoms with Gasteiger partial charge in [-0.05, 0) is 36.3 Å². The van der Waals surface area contributed by atoms with Crippen molar-refractivity contribution in [3.63, 3.8) is 0 Å². The highest BCUT2D eigenvalue weighted by molar-refractivity contribution is 5.23. The second-order valence-electron chi connectivity index (χ2n) is 6.93. The lowest BCUT2D eigenvalue weighted by molar-refractivity contribution is 0.108. The van der Waals surface area contributed by atoms with Gasteiger partial charge >= 0.3 is 0 Å². The first kappa shape index (κ1) is 14.0. The van der Waals surface area contributed by atoms with E-state index in [2.05, 4.69) is 65.6 Å². The molecule has 0 aromatic heterocycles. The van der Waals surface area contributed by atoms with E-state index in [0.29, 0.717) is 5.92 Å². The average Bonchev–Trinajstić information content (AvgIpc) is 3.12. The third-order valence-electron chi connectivity index (χ3n) is 5.41. The van der Waals surface area contributed by atoms with Crippen molar-refractivity contribution in [1.29, 1.82) is 0 Å². The van der Waals surface area contributed by atoms with Crippen molar-refractivity contribution in [1.82, 2.24) is 4.90 Å². The number of hydrogen-bond donors (Lipinski definition) is 1. The number of rotatable bonds is 5. The maximum Gasteiger partial charge on any atom is 0.0561 e. The number of hydrogen-bond acceptors (Lipinski definition) is 2. The van der Waals surface area contributed by atoms with E-state index >= 15 is 0 Å². The van der Waals surface area contributed by atoms with Crippen molar-refractivity contribution in [3.05, 3.63) is 71.8 Å². The number of fused-ring (bicyclic) bond motifs is 1. The summed E-state index contributed by atoms with van der Waals surface area (Å²) in [6.45, 7) is 1.94. The molecule has 3 atom stereocenters. The maximum absolute atomic E-state index is 10.0. The van der Waals surface area contributed by atoms with Gasteiger partial charge in [-0.15, -0.1) is 0 Å². The molecule has 0 saturated heterocycles. The molecular formula is C20H23NO. The highest BCUT2D eigenvalue weighted by atomic mass is 16.3. The summed E-state index contributed by atoms with van der Waals surface area (Å²) in [4.78, 5) is 2.61. The lowest BCUT2D eigenvalue weighted by atomic mass is 10.1. The van der Waals surface area contributed by atoms with Crippen molar-refractivity contribution in [3.8, 4) is 0 Å². The Hall–Kier alpha value is -1.64. The first-order valence-corrected chi connectivity index (χ1v) is 8.27. The topological polar surface area (TPSA) is 23.5 Å². The van der Waals surface area contributed by atoms with Gasteiger partial charge in [-0.2, -0.15) is 0 Å². The fraction of sp³-hybridized carbons (Fsp3) is 0.400. The standard InChI is InChI=1S/C20H23NO/c22-19-11-18-12-20(18,13-19)21(14-16-7-3-1-4-8-16)15-17-9-5-2-6-10-17/h1-10,18-19,22H,11-15H2/t18-,19-,20+/m1/s1. The minimum Gasteiger partial charge on any atom is -0.393 e. The van der Waals surface area contributed by atoms with Crippen LogP contribution in [0.2, 0.25) is 0 Å². The molecule has 0 aliphatic heterocycles. The highest BCUT2D eigenvalue weighted by Gasteiger charge is 2.62. The largest absolute Gasteiger partial charge is 0.393 e. The lowest BCUT2D eigenvalue weighted by Crippen LogP contribution is -2.37. The predicted molar refractivity (Wildman–Crippen MR) is 88.2 cm³/mol. The summed E-state index contributed by atoms with van der Waals surface area (Å²) in [5.74, 6) is 0.690. The maximum atomic E-state index is 10.0. The molecule has 22 heavy (non-hydrogen) atoms. The van der Waals surface area contributed by atoms with Crippen LogP contribution in [0.25, 0.3) is 0 Å². The third-order valence-corrected chi connectivity index (χ3v) is 5.41. The van der Waals surface area contributed by atoms with Crippen molar-refractivity contribution < 1.29 is 5.11 Å². The Balaban J connectivity index is 1.58. The Labute approximate surface area is 132 Å². The van der Waals surface area contributed by atoms with Crippen LogP contribution in [0.3, 0.4) is 0 Å². The first-order chi connectivity index (χ1) is 10.8. The first-order valence-electron chi connectivity index (χ1n) is 8.27. The van der Waals surface area contributed by atoms with Crippen LogP contribution in [0.5, 0.6) is 0 Å². The molecule has 0 amide bonds. The summed E-state index contributed by atoms with van der Waals surface area (Å²) < 4.78 is 0. The summed E-state index contributed by atoms with van der Waals surface area (Å²) in [5, 5.41) is 10.0. The van der Waals surface area contributed by atoms with Gasteiger partial charge in [0, 0.05) is 18.6 Å². The quantitative estimate of drug-likeness (QED) is 0.910. The third kappa shape index (κ3) is 2.57. The molecule has 0 spiro atoms. The van der Waals surface area contributed by atoms with Gasteiger partial charge < -0.3 is 5.11 Å². The Kier molecular flexibility index (Phi) is 3.51. The van der Waals surface area contributed by atoms with Gasteiger partial charge in [0.05, 0.1) is 6.10 Å². The average molecular weight is 293 g/mol. The van der Waals surface area contributed by atoms with Crippen LogP contribution in [0, 0.1) is 5.92 Å². The number of aliphatic hydroxyl groups is 1. The summed E-state index contributed by atoms with van der Waals surface area (Å²) in [5.41, 5.74) is 2.96. The van der Waals surface area contributed by atoms with Gasteiger partial charge in [0.1, 0.15) is 0 Å². The summed E-state index contributed by atoms with van der Waals surface area (Å²) in [6, 6.07) is 21.4. The molecule has 2 nitrogen and oxygen atoms in total. The van der Waals surface area contributed by atoms with E-state index in [1.165, 1.54) is 17.5 Å². The van der Waals surface area contributed by atoms with E-state index < -0.39 is 0 Å². The second-order valence-corrected chi connectivity index (χ2v) is 6.93. The molecule has 0 heterocycles. The molecule has 0 radical (unpaired) electrons. The van der Waals surface area contributed by atoms with Crippen molar-refractivity contribution in [2.45, 2.75) is 44.0 Å². The van der Waals surface area contributed by atoms with Gasteiger partial charge in [0.15, 0.2) is 0 Å². The van der Waals surface area contributed by atoms with Crippen LogP contribution in [0.15, 0.2) is 60.7 Å². The van der Waals surface area contributed by atoms with Crippen LogP contribution in [0.1, 0.15) is 30.4 Å². The molecule has 2 saturated carbocycles. The fourth-order valence-corrected chi connectivity index (χ4v) is 4.24. The van der Waals surface area contributed by atoms with Gasteiger partial charge in [-0.1, -0.05) is 60.7 Å². The predicted octanol–water partition coefficient (Wildman–Crippen LogP) is 3.60. The molecule has 0 bridgehead atoms. The van der Waals surface area contributed by atoms with Gasteiger partial charge in [0.25, 0.3) is 0 Å². The Morgan fingerprint density at radius 3 is 1.86 bits per heavy atom. The molecule has 2 aromatic carbocycles. The zero-order chi connectivity index (χ0) is 15.0. The van der Waals surface area contributed by atoms with E-state index in [1.807, 2.05) is 0 Å². The second kappa shape index (κ2) is 5.53. The lowest BCUT2D eigenvalue weighted by Gasteiger charge is -2.32. The fourth-order valence-electron chi connectivity index (χ4n) is 4.24. The number of nitrogens with zero attached hydrogens (tertiary/aromatic N) is 1. The zero-order valence-corrected chi connectivity index (χ0v) is 12.9. The SMILES string of the molecule is O[C@@H]1C[C@@H]2C[C@]2(N(Cc2ccccc2)Cc2ccccc2)C1. The summed E-state index contributed by atoms with van der Waals surface area (Å²) in [7, 11) is 0. The molecular weight excluding hydrogens is 270 g/mol.